The van der Waals surface area contributed by atoms with Crippen molar-refractivity contribution in [3.8, 4) is 10.6 Å². The van der Waals surface area contributed by atoms with Crippen LogP contribution in [0.1, 0.15) is 10.4 Å². The molecule has 0 N–H and O–H groups in total. The summed E-state index contributed by atoms with van der Waals surface area (Å²) in [6.07, 6.45) is 2.84. The lowest BCUT2D eigenvalue weighted by atomic mass is 10.1. The Morgan fingerprint density at radius 1 is 0.833 bits per heavy atom. The first kappa shape index (κ1) is 11.2. The molecule has 0 aliphatic rings. The first-order chi connectivity index (χ1) is 8.92. The number of aromatic nitrogens is 1. The van der Waals surface area contributed by atoms with Gasteiger partial charge in [-0.2, -0.15) is 0 Å². The Bertz CT molecular complexity index is 614. The summed E-state index contributed by atoms with van der Waals surface area (Å²) in [5, 5.41) is 0. The Kier molecular flexibility index (Phi) is 3.20. The van der Waals surface area contributed by atoms with E-state index in [0.717, 1.165) is 12.1 Å². The SMILES string of the molecule is c1ccc(Cc2ccc(-c3ccccn3)s2)cc1. The van der Waals surface area contributed by atoms with E-state index in [4.69, 9.17) is 0 Å². The zero-order chi connectivity index (χ0) is 12.2. The van der Waals surface area contributed by atoms with E-state index < -0.39 is 0 Å². The minimum atomic E-state index is 0.998. The van der Waals surface area contributed by atoms with Gasteiger partial charge >= 0.3 is 0 Å². The molecule has 0 unspecified atom stereocenters. The van der Waals surface area contributed by atoms with Crippen molar-refractivity contribution < 1.29 is 0 Å². The van der Waals surface area contributed by atoms with Gasteiger partial charge in [0.1, 0.15) is 0 Å². The summed E-state index contributed by atoms with van der Waals surface area (Å²) in [7, 11) is 0. The van der Waals surface area contributed by atoms with Gasteiger partial charge in [0.05, 0.1) is 10.6 Å². The van der Waals surface area contributed by atoms with Crippen molar-refractivity contribution in [3.05, 3.63) is 77.3 Å². The van der Waals surface area contributed by atoms with Crippen molar-refractivity contribution in [1.82, 2.24) is 4.98 Å². The number of rotatable bonds is 3. The number of hydrogen-bond donors (Lipinski definition) is 0. The Morgan fingerprint density at radius 2 is 1.67 bits per heavy atom. The van der Waals surface area contributed by atoms with Crippen LogP contribution in [-0.2, 0) is 6.42 Å². The summed E-state index contributed by atoms with van der Waals surface area (Å²) in [5.41, 5.74) is 2.41. The molecule has 1 nitrogen and oxygen atoms in total. The molecule has 0 atom stereocenters. The van der Waals surface area contributed by atoms with Crippen LogP contribution in [0, 0.1) is 0 Å². The fourth-order valence-corrected chi connectivity index (χ4v) is 2.93. The van der Waals surface area contributed by atoms with Gasteiger partial charge in [-0.15, -0.1) is 11.3 Å². The van der Waals surface area contributed by atoms with Crippen LogP contribution in [0.25, 0.3) is 10.6 Å². The van der Waals surface area contributed by atoms with Crippen LogP contribution in [0.3, 0.4) is 0 Å². The molecule has 0 saturated carbocycles. The van der Waals surface area contributed by atoms with Gasteiger partial charge in [-0.25, -0.2) is 0 Å². The van der Waals surface area contributed by atoms with Crippen molar-refractivity contribution in [3.63, 3.8) is 0 Å². The predicted molar refractivity (Wildman–Crippen MR) is 76.8 cm³/mol. The van der Waals surface area contributed by atoms with E-state index in [1.54, 1.807) is 0 Å². The maximum atomic E-state index is 4.38. The van der Waals surface area contributed by atoms with E-state index in [2.05, 4.69) is 53.5 Å². The van der Waals surface area contributed by atoms with E-state index in [9.17, 15) is 0 Å². The molecule has 2 heteroatoms. The molecular formula is C16H13NS. The zero-order valence-electron chi connectivity index (χ0n) is 9.91. The third-order valence-corrected chi connectivity index (χ3v) is 3.91. The smallest absolute Gasteiger partial charge is 0.0801 e. The standard InChI is InChI=1S/C16H13NS/c1-2-6-13(7-3-1)12-14-9-10-16(18-14)15-8-4-5-11-17-15/h1-11H,12H2. The predicted octanol–water partition coefficient (Wildman–Crippen LogP) is 4.40. The minimum absolute atomic E-state index is 0.998. The summed E-state index contributed by atoms with van der Waals surface area (Å²) in [6, 6.07) is 20.9. The van der Waals surface area contributed by atoms with E-state index >= 15 is 0 Å². The maximum absolute atomic E-state index is 4.38. The van der Waals surface area contributed by atoms with Crippen molar-refractivity contribution in [2.45, 2.75) is 6.42 Å². The summed E-state index contributed by atoms with van der Waals surface area (Å²) in [6.45, 7) is 0. The van der Waals surface area contributed by atoms with Crippen LogP contribution in [0.4, 0.5) is 0 Å². The second-order valence-electron chi connectivity index (χ2n) is 4.14. The van der Waals surface area contributed by atoms with Crippen LogP contribution in [0.2, 0.25) is 0 Å². The molecule has 0 amide bonds. The highest BCUT2D eigenvalue weighted by atomic mass is 32.1. The number of thiophene rings is 1. The van der Waals surface area contributed by atoms with Gasteiger partial charge in [0.15, 0.2) is 0 Å². The molecule has 0 radical (unpaired) electrons. The second-order valence-corrected chi connectivity index (χ2v) is 5.31. The van der Waals surface area contributed by atoms with E-state index in [1.807, 2.05) is 29.7 Å². The van der Waals surface area contributed by atoms with Crippen LogP contribution >= 0.6 is 11.3 Å². The van der Waals surface area contributed by atoms with E-state index in [0.29, 0.717) is 0 Å². The van der Waals surface area contributed by atoms with Gasteiger partial charge in [-0.3, -0.25) is 4.98 Å². The average molecular weight is 251 g/mol. The third kappa shape index (κ3) is 2.49. The number of nitrogens with zero attached hydrogens (tertiary/aromatic N) is 1. The first-order valence-corrected chi connectivity index (χ1v) is 6.77. The van der Waals surface area contributed by atoms with Crippen LogP contribution in [-0.4, -0.2) is 4.98 Å². The quantitative estimate of drug-likeness (QED) is 0.672. The zero-order valence-corrected chi connectivity index (χ0v) is 10.7. The number of hydrogen-bond acceptors (Lipinski definition) is 2. The largest absolute Gasteiger partial charge is 0.255 e. The second kappa shape index (κ2) is 5.15. The highest BCUT2D eigenvalue weighted by molar-refractivity contribution is 7.15. The summed E-state index contributed by atoms with van der Waals surface area (Å²) < 4.78 is 0. The van der Waals surface area contributed by atoms with Gasteiger partial charge < -0.3 is 0 Å². The molecule has 2 heterocycles. The molecular weight excluding hydrogens is 238 g/mol. The monoisotopic (exact) mass is 251 g/mol. The highest BCUT2D eigenvalue weighted by Crippen LogP contribution is 2.27. The Balaban J connectivity index is 1.82. The van der Waals surface area contributed by atoms with E-state index in [-0.39, 0.29) is 0 Å². The summed E-state index contributed by atoms with van der Waals surface area (Å²) in [5.74, 6) is 0. The Morgan fingerprint density at radius 3 is 2.44 bits per heavy atom. The van der Waals surface area contributed by atoms with E-state index in [1.165, 1.54) is 15.3 Å². The van der Waals surface area contributed by atoms with Crippen molar-refractivity contribution in [2.75, 3.05) is 0 Å². The molecule has 0 aliphatic heterocycles. The van der Waals surface area contributed by atoms with Gasteiger partial charge in [-0.05, 0) is 29.8 Å². The lowest BCUT2D eigenvalue weighted by Gasteiger charge is -1.97. The first-order valence-electron chi connectivity index (χ1n) is 5.96. The van der Waals surface area contributed by atoms with Crippen molar-refractivity contribution in [2.24, 2.45) is 0 Å². The molecule has 0 fully saturated rings. The Labute approximate surface area is 111 Å². The Hall–Kier alpha value is -1.93. The van der Waals surface area contributed by atoms with Crippen LogP contribution in [0.5, 0.6) is 0 Å². The summed E-state index contributed by atoms with van der Waals surface area (Å²) in [4.78, 5) is 6.99. The molecule has 0 aliphatic carbocycles. The molecule has 3 rings (SSSR count). The topological polar surface area (TPSA) is 12.9 Å². The van der Waals surface area contributed by atoms with Gasteiger partial charge in [0.2, 0.25) is 0 Å². The lowest BCUT2D eigenvalue weighted by molar-refractivity contribution is 1.24. The maximum Gasteiger partial charge on any atom is 0.0801 e. The van der Waals surface area contributed by atoms with Crippen molar-refractivity contribution >= 4 is 11.3 Å². The lowest BCUT2D eigenvalue weighted by Crippen LogP contribution is -1.82. The molecule has 3 aromatic rings. The molecule has 1 aromatic carbocycles. The molecule has 2 aromatic heterocycles. The molecule has 0 spiro atoms. The molecule has 0 bridgehead atoms. The molecule has 88 valence electrons. The summed E-state index contributed by atoms with van der Waals surface area (Å²) >= 11 is 1.82. The molecule has 0 saturated heterocycles. The number of benzene rings is 1. The normalized spacial score (nSPS) is 10.4. The average Bonchev–Trinajstić information content (AvgIpc) is 2.89. The fraction of sp³-hybridized carbons (Fsp3) is 0.0625. The number of pyridine rings is 1. The highest BCUT2D eigenvalue weighted by Gasteiger charge is 2.04. The third-order valence-electron chi connectivity index (χ3n) is 2.80. The van der Waals surface area contributed by atoms with Gasteiger partial charge in [-0.1, -0.05) is 36.4 Å². The fourth-order valence-electron chi connectivity index (χ4n) is 1.92. The van der Waals surface area contributed by atoms with Crippen LogP contribution < -0.4 is 0 Å². The van der Waals surface area contributed by atoms with Crippen LogP contribution in [0.15, 0.2) is 66.9 Å². The van der Waals surface area contributed by atoms with Gasteiger partial charge in [0.25, 0.3) is 0 Å². The van der Waals surface area contributed by atoms with Gasteiger partial charge in [0, 0.05) is 17.5 Å². The van der Waals surface area contributed by atoms with Crippen molar-refractivity contribution in [1.29, 1.82) is 0 Å². The minimum Gasteiger partial charge on any atom is -0.255 e. The molecule has 18 heavy (non-hydrogen) atoms.